The van der Waals surface area contributed by atoms with E-state index in [2.05, 4.69) is 15.2 Å². The Hall–Kier alpha value is -2.43. The van der Waals surface area contributed by atoms with Gasteiger partial charge in [0.15, 0.2) is 6.23 Å². The Bertz CT molecular complexity index is 1220. The highest BCUT2D eigenvalue weighted by Crippen LogP contribution is 2.49. The van der Waals surface area contributed by atoms with E-state index in [1.165, 1.54) is 27.2 Å². The molecule has 0 radical (unpaired) electrons. The Morgan fingerprint density at radius 2 is 1.61 bits per heavy atom. The van der Waals surface area contributed by atoms with Gasteiger partial charge in [0.05, 0.1) is 18.8 Å². The average molecular weight is 607 g/mol. The van der Waals surface area contributed by atoms with E-state index in [0.29, 0.717) is 0 Å². The van der Waals surface area contributed by atoms with Crippen LogP contribution >= 0.6 is 7.67 Å². The number of esters is 2. The maximum atomic E-state index is 14.0. The molecule has 2 aliphatic heterocycles. The summed E-state index contributed by atoms with van der Waals surface area (Å²) >= 11 is 0. The van der Waals surface area contributed by atoms with Crippen molar-refractivity contribution in [2.45, 2.75) is 103 Å². The highest BCUT2D eigenvalue weighted by molar-refractivity contribution is 7.54. The van der Waals surface area contributed by atoms with Crippen LogP contribution < -0.4 is 21.4 Å². The van der Waals surface area contributed by atoms with E-state index < -0.39 is 92.3 Å². The molecule has 0 spiro atoms. The number of aromatic amines is 1. The third-order valence-electron chi connectivity index (χ3n) is 6.16. The van der Waals surface area contributed by atoms with Crippen molar-refractivity contribution in [2.75, 3.05) is 13.7 Å². The first kappa shape index (κ1) is 33.1. The Kier molecular flexibility index (Phi) is 10.7. The van der Waals surface area contributed by atoms with Gasteiger partial charge in [0, 0.05) is 19.4 Å². The van der Waals surface area contributed by atoms with Gasteiger partial charge in [-0.25, -0.2) is 15.0 Å². The van der Waals surface area contributed by atoms with Gasteiger partial charge in [-0.3, -0.25) is 28.5 Å². The Balaban J connectivity index is 1.86. The van der Waals surface area contributed by atoms with Crippen LogP contribution in [-0.4, -0.2) is 83.8 Å². The van der Waals surface area contributed by atoms with E-state index in [4.69, 9.17) is 32.9 Å². The van der Waals surface area contributed by atoms with Gasteiger partial charge in [-0.05, 0) is 48.5 Å². The number of aromatic nitrogens is 2. The summed E-state index contributed by atoms with van der Waals surface area (Å²) in [6.45, 7) is 9.62. The number of H-pyrrole nitrogens is 1. The molecule has 16 nitrogen and oxygen atoms in total. The molecule has 41 heavy (non-hydrogen) atoms. The minimum absolute atomic E-state index is 0.413. The fourth-order valence-electron chi connectivity index (χ4n) is 4.34. The molecule has 7 atom stereocenters. The summed E-state index contributed by atoms with van der Waals surface area (Å²) in [7, 11) is -2.83. The number of methoxy groups -OCH3 is 1. The van der Waals surface area contributed by atoms with Crippen LogP contribution in [0.4, 0.5) is 0 Å². The zero-order chi connectivity index (χ0) is 30.7. The summed E-state index contributed by atoms with van der Waals surface area (Å²) in [6, 6.07) is -1.06. The predicted octanol–water partition coefficient (Wildman–Crippen LogP) is 0.522. The van der Waals surface area contributed by atoms with E-state index in [9.17, 15) is 23.7 Å². The van der Waals surface area contributed by atoms with Gasteiger partial charge >= 0.3 is 25.3 Å². The molecule has 2 fully saturated rings. The summed E-state index contributed by atoms with van der Waals surface area (Å²) in [5.41, 5.74) is -2.65. The molecule has 3 heterocycles. The van der Waals surface area contributed by atoms with Crippen LogP contribution in [-0.2, 0) is 47.1 Å². The number of fused-ring (bicyclic) bond motifs is 1. The van der Waals surface area contributed by atoms with Crippen LogP contribution in [0.1, 0.15) is 54.7 Å². The van der Waals surface area contributed by atoms with Crippen LogP contribution in [0.15, 0.2) is 21.9 Å². The van der Waals surface area contributed by atoms with Gasteiger partial charge in [-0.15, -0.1) is 0 Å². The maximum Gasteiger partial charge on any atom is 0.342 e. The van der Waals surface area contributed by atoms with Crippen molar-refractivity contribution in [1.82, 2.24) is 19.7 Å². The summed E-state index contributed by atoms with van der Waals surface area (Å²) in [5.74, 6) is -1.39. The molecule has 0 aliphatic carbocycles. The lowest BCUT2D eigenvalue weighted by molar-refractivity contribution is -0.269. The number of hydrogen-bond donors (Lipinski definition) is 3. The van der Waals surface area contributed by atoms with Crippen LogP contribution in [0.5, 0.6) is 0 Å². The molecular formula is C24H39N4O12P. The molecule has 232 valence electrons. The molecule has 1 aromatic heterocycles. The minimum Gasteiger partial charge on any atom is -0.462 e. The summed E-state index contributed by atoms with van der Waals surface area (Å²) in [6.07, 6.45) is -2.59. The highest BCUT2D eigenvalue weighted by Gasteiger charge is 2.63. The fourth-order valence-corrected chi connectivity index (χ4v) is 6.15. The Morgan fingerprint density at radius 3 is 2.10 bits per heavy atom. The monoisotopic (exact) mass is 606 g/mol. The molecule has 1 aromatic rings. The molecule has 0 bridgehead atoms. The van der Waals surface area contributed by atoms with Crippen molar-refractivity contribution >= 4 is 19.6 Å². The molecule has 3 rings (SSSR count). The second-order valence-electron chi connectivity index (χ2n) is 10.4. The van der Waals surface area contributed by atoms with Gasteiger partial charge in [0.1, 0.15) is 29.9 Å². The van der Waals surface area contributed by atoms with Crippen molar-refractivity contribution < 1.29 is 47.1 Å². The van der Waals surface area contributed by atoms with E-state index in [0.717, 1.165) is 10.6 Å². The highest BCUT2D eigenvalue weighted by atomic mass is 31.2. The molecule has 2 saturated heterocycles. The summed E-state index contributed by atoms with van der Waals surface area (Å²) in [4.78, 5) is 51.3. The number of carbonyl (C=O) groups excluding carboxylic acids is 2. The molecule has 0 amide bonds. The minimum atomic E-state index is -4.19. The lowest BCUT2D eigenvalue weighted by Gasteiger charge is -2.28. The fraction of sp³-hybridized carbons (Fsp3) is 0.750. The van der Waals surface area contributed by atoms with Crippen molar-refractivity contribution in [3.8, 4) is 0 Å². The van der Waals surface area contributed by atoms with E-state index in [1.54, 1.807) is 34.6 Å². The average Bonchev–Trinajstić information content (AvgIpc) is 3.33. The molecule has 0 aromatic carbocycles. The number of rotatable bonds is 13. The molecule has 0 saturated carbocycles. The number of nitrogens with zero attached hydrogens (tertiary/aromatic N) is 1. The van der Waals surface area contributed by atoms with E-state index >= 15 is 0 Å². The number of nitrogens with one attached hydrogen (secondary N) is 3. The first-order valence-electron chi connectivity index (χ1n) is 13.1. The van der Waals surface area contributed by atoms with Crippen molar-refractivity contribution in [3.05, 3.63) is 33.1 Å². The Morgan fingerprint density at radius 1 is 1.05 bits per heavy atom. The van der Waals surface area contributed by atoms with Crippen LogP contribution in [0.2, 0.25) is 0 Å². The number of hydrogen-bond acceptors (Lipinski definition) is 12. The standard InChI is InChI=1S/C24H39N4O12P/c1-12(2)36-19(30)14(5)26-41(33,27-15(6)20(31)37-13(3)4)35-11-16-18-24(7,40-23(34-8)39-18)21(38-16)28-10-9-17(29)25-22(28)32/h9-10,12-16,18,21,23H,11H2,1-8H3,(H,25,29,32)(H2,26,27,33)/t14-,15-,16+,18+,21+,23?,24+/m0/s1. The summed E-state index contributed by atoms with van der Waals surface area (Å²) in [5, 5.41) is 5.20. The third-order valence-corrected chi connectivity index (χ3v) is 8.13. The maximum absolute atomic E-state index is 14.0. The largest absolute Gasteiger partial charge is 0.462 e. The van der Waals surface area contributed by atoms with Gasteiger partial charge in [-0.2, -0.15) is 0 Å². The quantitative estimate of drug-likeness (QED) is 0.208. The second kappa shape index (κ2) is 13.3. The molecule has 2 aliphatic rings. The lowest BCUT2D eigenvalue weighted by Crippen LogP contribution is -2.46. The zero-order valence-electron chi connectivity index (χ0n) is 24.3. The first-order chi connectivity index (χ1) is 19.1. The van der Waals surface area contributed by atoms with Gasteiger partial charge in [0.25, 0.3) is 12.0 Å². The third kappa shape index (κ3) is 7.90. The first-order valence-corrected chi connectivity index (χ1v) is 14.7. The molecular weight excluding hydrogens is 567 g/mol. The smallest absolute Gasteiger partial charge is 0.342 e. The van der Waals surface area contributed by atoms with Crippen LogP contribution in [0, 0.1) is 0 Å². The Labute approximate surface area is 236 Å². The number of ether oxygens (including phenoxy) is 6. The molecule has 1 unspecified atom stereocenters. The van der Waals surface area contributed by atoms with Gasteiger partial charge in [0.2, 0.25) is 0 Å². The number of carbonyl (C=O) groups is 2. The normalized spacial score (nSPS) is 27.6. The zero-order valence-corrected chi connectivity index (χ0v) is 25.2. The SMILES string of the molecule is COC1O[C@@H]2[C@@H](COP(=O)(N[C@@H](C)C(=O)OC(C)C)N[C@@H](C)C(=O)OC(C)C)O[C@@H](n3ccc(=O)[nH]c3=O)[C@]2(C)O1. The van der Waals surface area contributed by atoms with Crippen molar-refractivity contribution in [3.63, 3.8) is 0 Å². The van der Waals surface area contributed by atoms with Gasteiger partial charge in [-0.1, -0.05) is 0 Å². The predicted molar refractivity (Wildman–Crippen MR) is 142 cm³/mol. The van der Waals surface area contributed by atoms with Crippen molar-refractivity contribution in [1.29, 1.82) is 0 Å². The van der Waals surface area contributed by atoms with E-state index in [1.807, 2.05) is 0 Å². The lowest BCUT2D eigenvalue weighted by atomic mass is 9.96. The van der Waals surface area contributed by atoms with E-state index in [-0.39, 0.29) is 0 Å². The van der Waals surface area contributed by atoms with Crippen LogP contribution in [0.25, 0.3) is 0 Å². The topological polar surface area (TPSA) is 195 Å². The molecule has 3 N–H and O–H groups in total. The second-order valence-corrected chi connectivity index (χ2v) is 12.3. The molecule has 17 heteroatoms. The summed E-state index contributed by atoms with van der Waals surface area (Å²) < 4.78 is 54.3. The van der Waals surface area contributed by atoms with Gasteiger partial charge < -0.3 is 32.9 Å². The van der Waals surface area contributed by atoms with Crippen molar-refractivity contribution in [2.24, 2.45) is 0 Å². The van der Waals surface area contributed by atoms with Crippen LogP contribution in [0.3, 0.4) is 0 Å².